The van der Waals surface area contributed by atoms with E-state index < -0.39 is 24.2 Å². The summed E-state index contributed by atoms with van der Waals surface area (Å²) in [6.07, 6.45) is -0.947. The van der Waals surface area contributed by atoms with Gasteiger partial charge in [0.1, 0.15) is 12.1 Å². The maximum Gasteiger partial charge on any atom is 0.315 e. The normalized spacial score (nSPS) is 28.0. The van der Waals surface area contributed by atoms with E-state index >= 15 is 0 Å². The van der Waals surface area contributed by atoms with Gasteiger partial charge in [-0.05, 0) is 5.53 Å². The van der Waals surface area contributed by atoms with Crippen LogP contribution in [-0.4, -0.2) is 41.0 Å². The first-order valence-corrected chi connectivity index (χ1v) is 4.21. The zero-order chi connectivity index (χ0) is 10.6. The molecule has 0 aromatic carbocycles. The molecular weight excluding hydrogens is 190 g/mol. The average Bonchev–Trinajstić information content (AvgIpc) is 2.47. The fourth-order valence-electron chi connectivity index (χ4n) is 1.32. The lowest BCUT2D eigenvalue weighted by Crippen LogP contribution is -2.20. The zero-order valence-corrected chi connectivity index (χ0v) is 7.41. The summed E-state index contributed by atoms with van der Waals surface area (Å²) in [5, 5.41) is 20.9. The third-order valence-electron chi connectivity index (χ3n) is 1.98. The quantitative estimate of drug-likeness (QED) is 0.281. The Kier molecular flexibility index (Phi) is 3.70. The number of rotatable bonds is 4. The lowest BCUT2D eigenvalue weighted by Gasteiger charge is -2.11. The highest BCUT2D eigenvalue weighted by atomic mass is 16.6. The van der Waals surface area contributed by atoms with Gasteiger partial charge >= 0.3 is 5.97 Å². The topological polar surface area (TPSA) is 116 Å². The third-order valence-corrected chi connectivity index (χ3v) is 1.98. The van der Waals surface area contributed by atoms with Crippen LogP contribution in [0.5, 0.6) is 0 Å². The number of hydrogen-bond donors (Lipinski definition) is 2. The highest BCUT2D eigenvalue weighted by Gasteiger charge is 2.34. The number of cyclic esters (lactones) is 1. The fourth-order valence-corrected chi connectivity index (χ4v) is 1.32. The van der Waals surface area contributed by atoms with Crippen molar-refractivity contribution in [1.82, 2.24) is 0 Å². The van der Waals surface area contributed by atoms with Crippen LogP contribution in [-0.2, 0) is 9.53 Å². The first kappa shape index (κ1) is 10.8. The van der Waals surface area contributed by atoms with E-state index in [1.165, 1.54) is 0 Å². The highest BCUT2D eigenvalue weighted by molar-refractivity contribution is 5.78. The maximum atomic E-state index is 11.0. The summed E-state index contributed by atoms with van der Waals surface area (Å²) in [7, 11) is 0. The number of esters is 1. The minimum atomic E-state index is -0.905. The van der Waals surface area contributed by atoms with Gasteiger partial charge in [0.2, 0.25) is 0 Å². The number of azide groups is 1. The lowest BCUT2D eigenvalue weighted by molar-refractivity contribution is -0.143. The van der Waals surface area contributed by atoms with Crippen molar-refractivity contribution < 1.29 is 19.7 Å². The molecule has 1 heterocycles. The predicted octanol–water partition coefficient (Wildman–Crippen LogP) is -0.276. The summed E-state index contributed by atoms with van der Waals surface area (Å²) in [5.74, 6) is -0.571. The average molecular weight is 201 g/mol. The molecule has 1 fully saturated rings. The molecule has 0 saturated carbocycles. The van der Waals surface area contributed by atoms with Crippen LogP contribution in [0.3, 0.4) is 0 Å². The molecule has 78 valence electrons. The van der Waals surface area contributed by atoms with Gasteiger partial charge in [0.25, 0.3) is 0 Å². The second-order valence-corrected chi connectivity index (χ2v) is 3.09. The molecule has 1 rings (SSSR count). The number of aliphatic hydroxyl groups is 2. The van der Waals surface area contributed by atoms with E-state index in [0.717, 1.165) is 0 Å². The Morgan fingerprint density at radius 3 is 3.07 bits per heavy atom. The molecule has 0 bridgehead atoms. The molecule has 0 amide bonds. The molecule has 0 aromatic rings. The van der Waals surface area contributed by atoms with Crippen LogP contribution in [0.25, 0.3) is 10.4 Å². The predicted molar refractivity (Wildman–Crippen MR) is 45.1 cm³/mol. The van der Waals surface area contributed by atoms with E-state index in [4.69, 9.17) is 20.5 Å². The van der Waals surface area contributed by atoms with Gasteiger partial charge in [-0.2, -0.15) is 0 Å². The molecule has 1 saturated heterocycles. The van der Waals surface area contributed by atoms with Gasteiger partial charge in [0, 0.05) is 17.8 Å². The largest absolute Gasteiger partial charge is 0.462 e. The molecule has 1 aliphatic rings. The van der Waals surface area contributed by atoms with Crippen LogP contribution in [0.15, 0.2) is 5.11 Å². The Bertz CT molecular complexity index is 264. The van der Waals surface area contributed by atoms with E-state index in [1.54, 1.807) is 0 Å². The molecule has 1 aliphatic heterocycles. The molecule has 0 unspecified atom stereocenters. The molecular formula is C7H11N3O4. The number of nitrogens with zero attached hydrogens (tertiary/aromatic N) is 3. The molecule has 0 aromatic heterocycles. The van der Waals surface area contributed by atoms with E-state index in [9.17, 15) is 4.79 Å². The van der Waals surface area contributed by atoms with E-state index in [1.807, 2.05) is 0 Å². The summed E-state index contributed by atoms with van der Waals surface area (Å²) >= 11 is 0. The smallest absolute Gasteiger partial charge is 0.315 e. The zero-order valence-electron chi connectivity index (χ0n) is 7.41. The van der Waals surface area contributed by atoms with Gasteiger partial charge in [-0.15, -0.1) is 0 Å². The van der Waals surface area contributed by atoms with Crippen LogP contribution in [0.1, 0.15) is 12.8 Å². The van der Waals surface area contributed by atoms with E-state index in [2.05, 4.69) is 10.0 Å². The second-order valence-electron chi connectivity index (χ2n) is 3.09. The standard InChI is InChI=1S/C7H11N3O4/c8-10-9-6-2-5(14-7(6)13)1-4(12)3-11/h4-6,11-12H,1-3H2/t4-,5-,6+/m0/s1. The molecule has 0 spiro atoms. The second kappa shape index (κ2) is 4.80. The van der Waals surface area contributed by atoms with Gasteiger partial charge in [0.15, 0.2) is 0 Å². The summed E-state index contributed by atoms with van der Waals surface area (Å²) in [4.78, 5) is 13.5. The van der Waals surface area contributed by atoms with Gasteiger partial charge < -0.3 is 14.9 Å². The van der Waals surface area contributed by atoms with Crippen LogP contribution < -0.4 is 0 Å². The van der Waals surface area contributed by atoms with Crippen LogP contribution in [0.2, 0.25) is 0 Å². The van der Waals surface area contributed by atoms with Crippen molar-refractivity contribution in [2.45, 2.75) is 31.1 Å². The molecule has 3 atom stereocenters. The SMILES string of the molecule is [N-]=[N+]=N[C@@H]1C[C@H](C[C@H](O)CO)OC1=O. The Hall–Kier alpha value is -1.30. The van der Waals surface area contributed by atoms with Crippen molar-refractivity contribution in [3.63, 3.8) is 0 Å². The van der Waals surface area contributed by atoms with Crippen LogP contribution >= 0.6 is 0 Å². The van der Waals surface area contributed by atoms with Crippen LogP contribution in [0, 0.1) is 0 Å². The van der Waals surface area contributed by atoms with Crippen molar-refractivity contribution in [2.24, 2.45) is 5.11 Å². The minimum Gasteiger partial charge on any atom is -0.462 e. The number of carbonyl (C=O) groups excluding carboxylic acids is 1. The monoisotopic (exact) mass is 201 g/mol. The Morgan fingerprint density at radius 2 is 2.50 bits per heavy atom. The van der Waals surface area contributed by atoms with Crippen LogP contribution in [0.4, 0.5) is 0 Å². The Labute approximate surface area is 79.9 Å². The molecule has 7 nitrogen and oxygen atoms in total. The Morgan fingerprint density at radius 1 is 1.79 bits per heavy atom. The first-order valence-electron chi connectivity index (χ1n) is 4.21. The molecule has 14 heavy (non-hydrogen) atoms. The molecule has 7 heteroatoms. The van der Waals surface area contributed by atoms with Crippen molar-refractivity contribution in [2.75, 3.05) is 6.61 Å². The highest BCUT2D eigenvalue weighted by Crippen LogP contribution is 2.21. The van der Waals surface area contributed by atoms with E-state index in [-0.39, 0.29) is 19.4 Å². The summed E-state index contributed by atoms with van der Waals surface area (Å²) < 4.78 is 4.82. The number of carbonyl (C=O) groups is 1. The minimum absolute atomic E-state index is 0.166. The van der Waals surface area contributed by atoms with Crippen molar-refractivity contribution in [3.05, 3.63) is 10.4 Å². The number of hydrogen-bond acceptors (Lipinski definition) is 5. The molecule has 2 N–H and O–H groups in total. The van der Waals surface area contributed by atoms with Crippen molar-refractivity contribution in [3.8, 4) is 0 Å². The summed E-state index contributed by atoms with van der Waals surface area (Å²) in [6, 6.07) is -0.795. The van der Waals surface area contributed by atoms with Gasteiger partial charge in [0.05, 0.1) is 12.7 Å². The summed E-state index contributed by atoms with van der Waals surface area (Å²) in [5.41, 5.74) is 8.12. The number of aliphatic hydroxyl groups excluding tert-OH is 2. The van der Waals surface area contributed by atoms with Crippen molar-refractivity contribution in [1.29, 1.82) is 0 Å². The van der Waals surface area contributed by atoms with Gasteiger partial charge in [-0.1, -0.05) is 5.11 Å². The molecule has 0 aliphatic carbocycles. The molecule has 0 radical (unpaired) electrons. The fraction of sp³-hybridized carbons (Fsp3) is 0.857. The lowest BCUT2D eigenvalue weighted by atomic mass is 10.1. The van der Waals surface area contributed by atoms with E-state index in [0.29, 0.717) is 0 Å². The number of ether oxygens (including phenoxy) is 1. The van der Waals surface area contributed by atoms with Crippen molar-refractivity contribution >= 4 is 5.97 Å². The van der Waals surface area contributed by atoms with Gasteiger partial charge in [-0.25, -0.2) is 0 Å². The first-order chi connectivity index (χ1) is 6.67. The van der Waals surface area contributed by atoms with Gasteiger partial charge in [-0.3, -0.25) is 4.79 Å². The third kappa shape index (κ3) is 2.59. The summed E-state index contributed by atoms with van der Waals surface area (Å²) in [6.45, 7) is -0.375. The maximum absolute atomic E-state index is 11.0. The Balaban J connectivity index is 2.46.